The van der Waals surface area contributed by atoms with Gasteiger partial charge in [-0.15, -0.1) is 0 Å². The Morgan fingerprint density at radius 1 is 1.64 bits per heavy atom. The Labute approximate surface area is 66.4 Å². The van der Waals surface area contributed by atoms with Crippen LogP contribution in [-0.2, 0) is 6.54 Å². The Bertz CT molecular complexity index is 228. The molecule has 0 unspecified atom stereocenters. The van der Waals surface area contributed by atoms with Crippen LogP contribution in [0, 0.1) is 0 Å². The van der Waals surface area contributed by atoms with Crippen molar-refractivity contribution in [1.82, 2.24) is 9.55 Å². The number of anilines is 2. The lowest BCUT2D eigenvalue weighted by atomic mass is 10.6. The summed E-state index contributed by atoms with van der Waals surface area (Å²) in [6.07, 6.45) is 1.67. The first kappa shape index (κ1) is 7.91. The third-order valence-electron chi connectivity index (χ3n) is 1.54. The number of rotatable bonds is 3. The molecule has 1 aromatic heterocycles. The largest absolute Gasteiger partial charge is 0.384 e. The SMILES string of the molecule is CCNc1ncc(N)n1CC. The molecule has 0 radical (unpaired) electrons. The van der Waals surface area contributed by atoms with Crippen LogP contribution in [0.1, 0.15) is 13.8 Å². The fraction of sp³-hybridized carbons (Fsp3) is 0.571. The fourth-order valence-electron chi connectivity index (χ4n) is 1.02. The van der Waals surface area contributed by atoms with Crippen molar-refractivity contribution in [1.29, 1.82) is 0 Å². The molecule has 1 rings (SSSR count). The van der Waals surface area contributed by atoms with E-state index in [9.17, 15) is 0 Å². The summed E-state index contributed by atoms with van der Waals surface area (Å²) in [7, 11) is 0. The molecule has 1 heterocycles. The number of nitrogens with zero attached hydrogens (tertiary/aromatic N) is 2. The zero-order chi connectivity index (χ0) is 8.27. The first-order valence-electron chi connectivity index (χ1n) is 3.84. The minimum absolute atomic E-state index is 0.712. The van der Waals surface area contributed by atoms with E-state index in [1.54, 1.807) is 6.20 Å². The highest BCUT2D eigenvalue weighted by Crippen LogP contribution is 2.10. The number of nitrogen functional groups attached to an aromatic ring is 1. The lowest BCUT2D eigenvalue weighted by Gasteiger charge is -2.06. The number of nitrogens with two attached hydrogens (primary N) is 1. The van der Waals surface area contributed by atoms with Crippen molar-refractivity contribution in [2.24, 2.45) is 0 Å². The van der Waals surface area contributed by atoms with E-state index < -0.39 is 0 Å². The van der Waals surface area contributed by atoms with E-state index in [0.717, 1.165) is 19.0 Å². The zero-order valence-corrected chi connectivity index (χ0v) is 6.96. The van der Waals surface area contributed by atoms with E-state index in [4.69, 9.17) is 5.73 Å². The second-order valence-electron chi connectivity index (χ2n) is 2.28. The van der Waals surface area contributed by atoms with Crippen molar-refractivity contribution in [3.8, 4) is 0 Å². The molecule has 3 N–H and O–H groups in total. The molecule has 4 heteroatoms. The highest BCUT2D eigenvalue weighted by molar-refractivity contribution is 5.39. The van der Waals surface area contributed by atoms with Crippen LogP contribution in [0.2, 0.25) is 0 Å². The van der Waals surface area contributed by atoms with E-state index in [2.05, 4.69) is 10.3 Å². The van der Waals surface area contributed by atoms with Gasteiger partial charge in [-0.1, -0.05) is 0 Å². The summed E-state index contributed by atoms with van der Waals surface area (Å²) in [6, 6.07) is 0. The minimum atomic E-state index is 0.712. The first-order valence-corrected chi connectivity index (χ1v) is 3.84. The predicted octanol–water partition coefficient (Wildman–Crippen LogP) is 0.917. The Morgan fingerprint density at radius 2 is 2.36 bits per heavy atom. The summed E-state index contributed by atoms with van der Waals surface area (Å²) in [5, 5.41) is 3.12. The van der Waals surface area contributed by atoms with Gasteiger partial charge in [0.05, 0.1) is 6.20 Å². The van der Waals surface area contributed by atoms with Crippen molar-refractivity contribution in [2.45, 2.75) is 20.4 Å². The Kier molecular flexibility index (Phi) is 2.36. The highest BCUT2D eigenvalue weighted by atomic mass is 15.2. The second kappa shape index (κ2) is 3.27. The van der Waals surface area contributed by atoms with Crippen LogP contribution in [0.25, 0.3) is 0 Å². The van der Waals surface area contributed by atoms with Gasteiger partial charge in [0, 0.05) is 13.1 Å². The van der Waals surface area contributed by atoms with Crippen molar-refractivity contribution in [3.05, 3.63) is 6.20 Å². The third kappa shape index (κ3) is 1.45. The van der Waals surface area contributed by atoms with Crippen LogP contribution in [-0.4, -0.2) is 16.1 Å². The second-order valence-corrected chi connectivity index (χ2v) is 2.28. The molecule has 0 aliphatic carbocycles. The van der Waals surface area contributed by atoms with Gasteiger partial charge in [-0.25, -0.2) is 4.98 Å². The number of aromatic nitrogens is 2. The standard InChI is InChI=1S/C7H14N4/c1-3-9-7-10-5-6(8)11(7)4-2/h5H,3-4,8H2,1-2H3,(H,9,10). The highest BCUT2D eigenvalue weighted by Gasteiger charge is 2.02. The van der Waals surface area contributed by atoms with Gasteiger partial charge in [-0.05, 0) is 13.8 Å². The quantitative estimate of drug-likeness (QED) is 0.680. The molecule has 0 aromatic carbocycles. The molecule has 11 heavy (non-hydrogen) atoms. The molecule has 0 aliphatic heterocycles. The van der Waals surface area contributed by atoms with Crippen LogP contribution in [0.4, 0.5) is 11.8 Å². The van der Waals surface area contributed by atoms with Crippen molar-refractivity contribution >= 4 is 11.8 Å². The van der Waals surface area contributed by atoms with E-state index >= 15 is 0 Å². The Hall–Kier alpha value is -1.19. The van der Waals surface area contributed by atoms with E-state index in [-0.39, 0.29) is 0 Å². The lowest BCUT2D eigenvalue weighted by molar-refractivity contribution is 0.775. The predicted molar refractivity (Wildman–Crippen MR) is 46.5 cm³/mol. The lowest BCUT2D eigenvalue weighted by Crippen LogP contribution is -2.07. The molecule has 4 nitrogen and oxygen atoms in total. The van der Waals surface area contributed by atoms with Gasteiger partial charge in [0.1, 0.15) is 5.82 Å². The smallest absolute Gasteiger partial charge is 0.204 e. The average molecular weight is 154 g/mol. The Balaban J connectivity index is 2.86. The van der Waals surface area contributed by atoms with Crippen LogP contribution >= 0.6 is 0 Å². The van der Waals surface area contributed by atoms with Crippen LogP contribution < -0.4 is 11.1 Å². The number of hydrogen-bond acceptors (Lipinski definition) is 3. The fourth-order valence-corrected chi connectivity index (χ4v) is 1.02. The van der Waals surface area contributed by atoms with Crippen molar-refractivity contribution < 1.29 is 0 Å². The molecule has 0 saturated carbocycles. The summed E-state index contributed by atoms with van der Waals surface area (Å²) >= 11 is 0. The van der Waals surface area contributed by atoms with E-state index in [1.807, 2.05) is 18.4 Å². The maximum atomic E-state index is 5.64. The summed E-state index contributed by atoms with van der Waals surface area (Å²) < 4.78 is 1.93. The molecule has 0 aliphatic rings. The monoisotopic (exact) mass is 154 g/mol. The molecule has 0 bridgehead atoms. The maximum Gasteiger partial charge on any atom is 0.204 e. The molecule has 0 amide bonds. The minimum Gasteiger partial charge on any atom is -0.384 e. The van der Waals surface area contributed by atoms with Gasteiger partial charge in [-0.2, -0.15) is 0 Å². The van der Waals surface area contributed by atoms with E-state index in [1.165, 1.54) is 0 Å². The number of nitrogens with one attached hydrogen (secondary N) is 1. The molecular weight excluding hydrogens is 140 g/mol. The zero-order valence-electron chi connectivity index (χ0n) is 6.96. The number of imidazole rings is 1. The average Bonchev–Trinajstić information content (AvgIpc) is 2.33. The number of hydrogen-bond donors (Lipinski definition) is 2. The maximum absolute atomic E-state index is 5.64. The van der Waals surface area contributed by atoms with Gasteiger partial charge < -0.3 is 11.1 Å². The van der Waals surface area contributed by atoms with Gasteiger partial charge in [0.2, 0.25) is 5.95 Å². The molecule has 62 valence electrons. The first-order chi connectivity index (χ1) is 5.29. The van der Waals surface area contributed by atoms with Gasteiger partial charge in [0.15, 0.2) is 0 Å². The summed E-state index contributed by atoms with van der Waals surface area (Å²) in [4.78, 5) is 4.10. The van der Waals surface area contributed by atoms with Gasteiger partial charge in [-0.3, -0.25) is 4.57 Å². The van der Waals surface area contributed by atoms with Crippen molar-refractivity contribution in [3.63, 3.8) is 0 Å². The van der Waals surface area contributed by atoms with Gasteiger partial charge in [0.25, 0.3) is 0 Å². The molecule has 0 atom stereocenters. The van der Waals surface area contributed by atoms with Crippen LogP contribution in [0.3, 0.4) is 0 Å². The topological polar surface area (TPSA) is 55.9 Å². The van der Waals surface area contributed by atoms with Crippen molar-refractivity contribution in [2.75, 3.05) is 17.6 Å². The third-order valence-corrected chi connectivity index (χ3v) is 1.54. The van der Waals surface area contributed by atoms with E-state index in [0.29, 0.717) is 5.82 Å². The van der Waals surface area contributed by atoms with Crippen LogP contribution in [0.5, 0.6) is 0 Å². The van der Waals surface area contributed by atoms with Gasteiger partial charge >= 0.3 is 0 Å². The molecular formula is C7H14N4. The summed E-state index contributed by atoms with van der Waals surface area (Å²) in [6.45, 7) is 5.80. The summed E-state index contributed by atoms with van der Waals surface area (Å²) in [5.74, 6) is 1.57. The summed E-state index contributed by atoms with van der Waals surface area (Å²) in [5.41, 5.74) is 5.64. The molecule has 0 spiro atoms. The molecule has 0 saturated heterocycles. The Morgan fingerprint density at radius 3 is 2.91 bits per heavy atom. The van der Waals surface area contributed by atoms with Crippen LogP contribution in [0.15, 0.2) is 6.20 Å². The normalized spacial score (nSPS) is 10.0. The molecule has 0 fully saturated rings. The molecule has 1 aromatic rings.